The number of methoxy groups -OCH3 is 1. The quantitative estimate of drug-likeness (QED) is 0.667. The highest BCUT2D eigenvalue weighted by molar-refractivity contribution is 8.02. The number of aryl methyl sites for hydroxylation is 2. The molecular weight excluding hydrogens is 414 g/mol. The molecule has 0 saturated carbocycles. The van der Waals surface area contributed by atoms with Crippen LogP contribution in [0, 0.1) is 19.8 Å². The third-order valence-electron chi connectivity index (χ3n) is 6.72. The zero-order valence-electron chi connectivity index (χ0n) is 17.7. The first-order valence-corrected chi connectivity index (χ1v) is 10.9. The van der Waals surface area contributed by atoms with Gasteiger partial charge in [0, 0.05) is 22.7 Å². The van der Waals surface area contributed by atoms with E-state index in [0.29, 0.717) is 11.4 Å². The van der Waals surface area contributed by atoms with E-state index in [1.54, 1.807) is 7.05 Å². The van der Waals surface area contributed by atoms with Crippen molar-refractivity contribution in [1.82, 2.24) is 4.90 Å². The summed E-state index contributed by atoms with van der Waals surface area (Å²) in [4.78, 5) is 43.4. The second-order valence-corrected chi connectivity index (χ2v) is 9.70. The van der Waals surface area contributed by atoms with Gasteiger partial charge in [0.25, 0.3) is 5.91 Å². The number of rotatable bonds is 1. The highest BCUT2D eigenvalue weighted by atomic mass is 32.2. The van der Waals surface area contributed by atoms with E-state index in [0.717, 1.165) is 21.6 Å². The van der Waals surface area contributed by atoms with Crippen LogP contribution in [0.2, 0.25) is 0 Å². The molecule has 0 radical (unpaired) electrons. The van der Waals surface area contributed by atoms with Crippen molar-refractivity contribution in [2.24, 2.45) is 5.92 Å². The van der Waals surface area contributed by atoms with Crippen molar-refractivity contribution in [3.63, 3.8) is 0 Å². The molecule has 2 N–H and O–H groups in total. The van der Waals surface area contributed by atoms with Crippen molar-refractivity contribution in [3.05, 3.63) is 53.1 Å². The molecule has 1 saturated heterocycles. The van der Waals surface area contributed by atoms with Crippen LogP contribution in [0.25, 0.3) is 0 Å². The first kappa shape index (κ1) is 20.1. The van der Waals surface area contributed by atoms with E-state index in [1.165, 1.54) is 18.9 Å². The van der Waals surface area contributed by atoms with Crippen LogP contribution in [-0.2, 0) is 24.7 Å². The van der Waals surface area contributed by atoms with Gasteiger partial charge in [0.15, 0.2) is 5.54 Å². The van der Waals surface area contributed by atoms with Gasteiger partial charge in [-0.15, -0.1) is 11.8 Å². The number of para-hydroxylation sites is 1. The number of hydrogen-bond acceptors (Lipinski definition) is 6. The molecule has 1 fully saturated rings. The SMILES string of the molecule is COC(=O)[C@@H]1CN(C)[C@]2(C(=O)Nc3c(C)cc(C)cc32)[C@]12Sc1ccccc1NC2=O. The maximum atomic E-state index is 13.9. The molecule has 3 heterocycles. The van der Waals surface area contributed by atoms with Crippen molar-refractivity contribution in [3.8, 4) is 0 Å². The van der Waals surface area contributed by atoms with E-state index >= 15 is 0 Å². The Kier molecular flexibility index (Phi) is 4.26. The molecule has 8 heteroatoms. The predicted molar refractivity (Wildman–Crippen MR) is 118 cm³/mol. The van der Waals surface area contributed by atoms with Gasteiger partial charge in [-0.1, -0.05) is 29.8 Å². The van der Waals surface area contributed by atoms with Gasteiger partial charge in [-0.25, -0.2) is 0 Å². The van der Waals surface area contributed by atoms with Crippen LogP contribution >= 0.6 is 11.8 Å². The number of thioether (sulfide) groups is 1. The van der Waals surface area contributed by atoms with Gasteiger partial charge in [0.05, 0.1) is 18.7 Å². The van der Waals surface area contributed by atoms with Crippen LogP contribution < -0.4 is 10.6 Å². The third kappa shape index (κ3) is 2.32. The van der Waals surface area contributed by atoms with Crippen molar-refractivity contribution in [2.45, 2.75) is 29.0 Å². The highest BCUT2D eigenvalue weighted by Gasteiger charge is 2.77. The summed E-state index contributed by atoms with van der Waals surface area (Å²) in [5.74, 6) is -2.00. The first-order valence-electron chi connectivity index (χ1n) is 10.1. The average molecular weight is 438 g/mol. The molecule has 0 bridgehead atoms. The Hall–Kier alpha value is -2.84. The van der Waals surface area contributed by atoms with Crippen LogP contribution in [0.3, 0.4) is 0 Å². The minimum atomic E-state index is -1.43. The van der Waals surface area contributed by atoms with E-state index in [4.69, 9.17) is 4.74 Å². The first-order chi connectivity index (χ1) is 14.8. The summed E-state index contributed by atoms with van der Waals surface area (Å²) >= 11 is 1.29. The maximum Gasteiger partial charge on any atom is 0.312 e. The molecule has 2 aromatic rings. The fraction of sp³-hybridized carbons (Fsp3) is 0.348. The van der Waals surface area contributed by atoms with Crippen molar-refractivity contribution in [1.29, 1.82) is 0 Å². The highest BCUT2D eigenvalue weighted by Crippen LogP contribution is 2.64. The standard InChI is InChI=1S/C23H23N3O4S/c1-12-9-13(2)18-14(10-12)22(20(28)25-18)23(15(11-26(22)3)19(27)30-4)21(29)24-16-7-5-6-8-17(16)31-23/h5-10,15H,11H2,1-4H3,(H,24,29)(H,25,28)/t15-,22+,23-/m0/s1. The number of amides is 2. The summed E-state index contributed by atoms with van der Waals surface area (Å²) in [6.07, 6.45) is 0. The molecule has 3 atom stereocenters. The molecule has 2 aromatic carbocycles. The Bertz CT molecular complexity index is 1170. The predicted octanol–water partition coefficient (Wildman–Crippen LogP) is 2.67. The minimum absolute atomic E-state index is 0.217. The number of likely N-dealkylation sites (N-methyl/N-ethyl adjacent to an activating group) is 1. The molecule has 5 rings (SSSR count). The number of ether oxygens (including phenoxy) is 1. The molecule has 3 aliphatic rings. The summed E-state index contributed by atoms with van der Waals surface area (Å²) < 4.78 is 3.70. The Morgan fingerprint density at radius 1 is 1.16 bits per heavy atom. The van der Waals surface area contributed by atoms with Crippen LogP contribution in [0.4, 0.5) is 11.4 Å². The van der Waals surface area contributed by atoms with E-state index in [2.05, 4.69) is 10.6 Å². The van der Waals surface area contributed by atoms with E-state index < -0.39 is 22.2 Å². The summed E-state index contributed by atoms with van der Waals surface area (Å²) in [6.45, 7) is 4.12. The number of fused-ring (bicyclic) bond motifs is 4. The van der Waals surface area contributed by atoms with E-state index in [9.17, 15) is 14.4 Å². The molecular formula is C23H23N3O4S. The van der Waals surface area contributed by atoms with Crippen molar-refractivity contribution >= 4 is 40.9 Å². The Morgan fingerprint density at radius 2 is 1.90 bits per heavy atom. The lowest BCUT2D eigenvalue weighted by molar-refractivity contribution is -0.148. The summed E-state index contributed by atoms with van der Waals surface area (Å²) in [6, 6.07) is 11.4. The minimum Gasteiger partial charge on any atom is -0.469 e. The maximum absolute atomic E-state index is 13.9. The Morgan fingerprint density at radius 3 is 2.65 bits per heavy atom. The van der Waals surface area contributed by atoms with Crippen LogP contribution in [-0.4, -0.2) is 48.1 Å². The molecule has 31 heavy (non-hydrogen) atoms. The average Bonchev–Trinajstić information content (AvgIpc) is 3.18. The Balaban J connectivity index is 1.85. The molecule has 2 spiro atoms. The molecule has 3 aliphatic heterocycles. The molecule has 160 valence electrons. The van der Waals surface area contributed by atoms with Gasteiger partial charge < -0.3 is 15.4 Å². The summed E-state index contributed by atoms with van der Waals surface area (Å²) in [5.41, 5.74) is 2.66. The van der Waals surface area contributed by atoms with Gasteiger partial charge in [0.2, 0.25) is 5.91 Å². The third-order valence-corrected chi connectivity index (χ3v) is 8.39. The van der Waals surface area contributed by atoms with Crippen molar-refractivity contribution < 1.29 is 19.1 Å². The number of esters is 1. The largest absolute Gasteiger partial charge is 0.469 e. The monoisotopic (exact) mass is 437 g/mol. The zero-order valence-corrected chi connectivity index (χ0v) is 18.6. The van der Waals surface area contributed by atoms with Crippen LogP contribution in [0.1, 0.15) is 16.7 Å². The number of hydrogen-bond donors (Lipinski definition) is 2. The van der Waals surface area contributed by atoms with E-state index in [1.807, 2.05) is 55.1 Å². The second kappa shape index (κ2) is 6.58. The van der Waals surface area contributed by atoms with Gasteiger partial charge in [-0.05, 0) is 38.6 Å². The fourth-order valence-electron chi connectivity index (χ4n) is 5.51. The molecule has 2 amide bonds. The van der Waals surface area contributed by atoms with Crippen LogP contribution in [0.15, 0.2) is 41.3 Å². The van der Waals surface area contributed by atoms with E-state index in [-0.39, 0.29) is 18.4 Å². The van der Waals surface area contributed by atoms with Gasteiger partial charge in [-0.3, -0.25) is 19.3 Å². The number of carbonyl (C=O) groups is 3. The normalized spacial score (nSPS) is 29.0. The fourth-order valence-corrected chi connectivity index (χ4v) is 7.20. The van der Waals surface area contributed by atoms with Gasteiger partial charge in [0.1, 0.15) is 4.75 Å². The number of nitrogens with one attached hydrogen (secondary N) is 2. The van der Waals surface area contributed by atoms with Crippen molar-refractivity contribution in [2.75, 3.05) is 31.3 Å². The molecule has 0 aliphatic carbocycles. The van der Waals surface area contributed by atoms with Crippen LogP contribution in [0.5, 0.6) is 0 Å². The number of likely N-dealkylation sites (tertiary alicyclic amines) is 1. The van der Waals surface area contributed by atoms with Gasteiger partial charge >= 0.3 is 5.97 Å². The molecule has 7 nitrogen and oxygen atoms in total. The number of anilines is 2. The summed E-state index contributed by atoms with van der Waals surface area (Å²) in [5, 5.41) is 6.00. The topological polar surface area (TPSA) is 87.7 Å². The molecule has 0 aromatic heterocycles. The molecule has 0 unspecified atom stereocenters. The number of carbonyl (C=O) groups excluding carboxylic acids is 3. The number of benzene rings is 2. The lowest BCUT2D eigenvalue weighted by atomic mass is 9.73. The summed E-state index contributed by atoms with van der Waals surface area (Å²) in [7, 11) is 3.11. The van der Waals surface area contributed by atoms with Gasteiger partial charge in [-0.2, -0.15) is 0 Å². The Labute approximate surface area is 184 Å². The number of nitrogens with zero attached hydrogens (tertiary/aromatic N) is 1. The second-order valence-electron chi connectivity index (χ2n) is 8.41. The lowest BCUT2D eigenvalue weighted by Gasteiger charge is -2.46. The lowest BCUT2D eigenvalue weighted by Crippen LogP contribution is -2.65. The zero-order chi connectivity index (χ0) is 22.1. The smallest absolute Gasteiger partial charge is 0.312 e.